The molecule has 0 aliphatic carbocycles. The SMILES string of the molecule is Cc1ccc(F)c(CCNC(=O)c2cccc(CC(C)(C)NC[C@@H](O)c3ccc(O)c(CO)c3)c2)c1F. The number of rotatable bonds is 11. The third-order valence-electron chi connectivity index (χ3n) is 6.31. The maximum atomic E-state index is 14.2. The molecule has 6 nitrogen and oxygen atoms in total. The van der Waals surface area contributed by atoms with Gasteiger partial charge in [0.1, 0.15) is 17.4 Å². The quantitative estimate of drug-likeness (QED) is 0.266. The fourth-order valence-electron chi connectivity index (χ4n) is 4.17. The van der Waals surface area contributed by atoms with Crippen LogP contribution in [0.15, 0.2) is 54.6 Å². The van der Waals surface area contributed by atoms with E-state index in [1.807, 2.05) is 19.9 Å². The van der Waals surface area contributed by atoms with Gasteiger partial charge in [0.25, 0.3) is 5.91 Å². The summed E-state index contributed by atoms with van der Waals surface area (Å²) < 4.78 is 28.1. The molecule has 5 N–H and O–H groups in total. The minimum atomic E-state index is -0.842. The van der Waals surface area contributed by atoms with Crippen molar-refractivity contribution in [1.29, 1.82) is 0 Å². The number of carbonyl (C=O) groups is 1. The van der Waals surface area contributed by atoms with Crippen LogP contribution in [0.1, 0.15) is 58.1 Å². The van der Waals surface area contributed by atoms with Crippen LogP contribution < -0.4 is 10.6 Å². The number of hydrogen-bond donors (Lipinski definition) is 5. The molecule has 0 radical (unpaired) electrons. The zero-order valence-electron chi connectivity index (χ0n) is 21.3. The molecule has 3 rings (SSSR count). The average molecular weight is 513 g/mol. The van der Waals surface area contributed by atoms with Crippen LogP contribution in [0.3, 0.4) is 0 Å². The van der Waals surface area contributed by atoms with Crippen molar-refractivity contribution >= 4 is 5.91 Å². The van der Waals surface area contributed by atoms with Crippen molar-refractivity contribution in [2.24, 2.45) is 0 Å². The lowest BCUT2D eigenvalue weighted by Crippen LogP contribution is -2.43. The third kappa shape index (κ3) is 7.58. The number of aliphatic hydroxyl groups is 2. The van der Waals surface area contributed by atoms with E-state index >= 15 is 0 Å². The van der Waals surface area contributed by atoms with Gasteiger partial charge in [-0.05, 0) is 80.6 Å². The van der Waals surface area contributed by atoms with Crippen molar-refractivity contribution in [3.8, 4) is 5.75 Å². The summed E-state index contributed by atoms with van der Waals surface area (Å²) in [5.41, 5.74) is 2.17. The number of phenols is 1. The van der Waals surface area contributed by atoms with Crippen LogP contribution in [-0.4, -0.2) is 39.9 Å². The Bertz CT molecular complexity index is 1250. The van der Waals surface area contributed by atoms with Gasteiger partial charge in [-0.2, -0.15) is 0 Å². The molecule has 0 saturated heterocycles. The van der Waals surface area contributed by atoms with Crippen LogP contribution >= 0.6 is 0 Å². The van der Waals surface area contributed by atoms with Crippen LogP contribution in [0.2, 0.25) is 0 Å². The van der Waals surface area contributed by atoms with Gasteiger partial charge < -0.3 is 26.0 Å². The molecule has 1 atom stereocenters. The molecule has 0 bridgehead atoms. The summed E-state index contributed by atoms with van der Waals surface area (Å²) in [6.45, 7) is 5.55. The Morgan fingerprint density at radius 1 is 1.08 bits per heavy atom. The summed E-state index contributed by atoms with van der Waals surface area (Å²) in [6.07, 6.45) is -0.228. The Morgan fingerprint density at radius 2 is 1.84 bits per heavy atom. The molecule has 3 aromatic carbocycles. The second-order valence-corrected chi connectivity index (χ2v) is 9.87. The van der Waals surface area contributed by atoms with Gasteiger partial charge in [0.15, 0.2) is 0 Å². The van der Waals surface area contributed by atoms with Gasteiger partial charge in [0.05, 0.1) is 12.7 Å². The summed E-state index contributed by atoms with van der Waals surface area (Å²) in [5.74, 6) is -1.57. The van der Waals surface area contributed by atoms with E-state index in [2.05, 4.69) is 10.6 Å². The first-order chi connectivity index (χ1) is 17.5. The minimum absolute atomic E-state index is 0.0230. The highest BCUT2D eigenvalue weighted by atomic mass is 19.1. The fraction of sp³-hybridized carbons (Fsp3) is 0.345. The first-order valence-electron chi connectivity index (χ1n) is 12.2. The summed E-state index contributed by atoms with van der Waals surface area (Å²) in [7, 11) is 0. The Labute approximate surface area is 216 Å². The number of hydrogen-bond acceptors (Lipinski definition) is 5. The van der Waals surface area contributed by atoms with Gasteiger partial charge in [0.2, 0.25) is 0 Å². The average Bonchev–Trinajstić information content (AvgIpc) is 2.87. The third-order valence-corrected chi connectivity index (χ3v) is 6.31. The molecular weight excluding hydrogens is 478 g/mol. The van der Waals surface area contributed by atoms with Gasteiger partial charge in [0, 0.05) is 35.3 Å². The Balaban J connectivity index is 1.56. The molecule has 3 aromatic rings. The Morgan fingerprint density at radius 3 is 2.57 bits per heavy atom. The van der Waals surface area contributed by atoms with Crippen molar-refractivity contribution in [3.63, 3.8) is 0 Å². The lowest BCUT2D eigenvalue weighted by Gasteiger charge is -2.28. The number of nitrogens with one attached hydrogen (secondary N) is 2. The summed E-state index contributed by atoms with van der Waals surface area (Å²) in [5, 5.41) is 35.7. The highest BCUT2D eigenvalue weighted by molar-refractivity contribution is 5.94. The van der Waals surface area contributed by atoms with Crippen LogP contribution in [-0.2, 0) is 19.4 Å². The predicted molar refractivity (Wildman–Crippen MR) is 138 cm³/mol. The molecule has 8 heteroatoms. The van der Waals surface area contributed by atoms with E-state index in [1.54, 1.807) is 37.3 Å². The number of aromatic hydroxyl groups is 1. The first kappa shape index (κ1) is 28.2. The summed E-state index contributed by atoms with van der Waals surface area (Å²) in [4.78, 5) is 12.7. The van der Waals surface area contributed by atoms with Crippen molar-refractivity contribution < 1.29 is 28.9 Å². The number of halogens is 2. The van der Waals surface area contributed by atoms with E-state index in [-0.39, 0.29) is 43.3 Å². The molecule has 1 amide bonds. The van der Waals surface area contributed by atoms with Gasteiger partial charge in [-0.15, -0.1) is 0 Å². The van der Waals surface area contributed by atoms with Crippen molar-refractivity contribution in [2.75, 3.05) is 13.1 Å². The van der Waals surface area contributed by atoms with Gasteiger partial charge in [-0.3, -0.25) is 4.79 Å². The topological polar surface area (TPSA) is 102 Å². The zero-order valence-corrected chi connectivity index (χ0v) is 21.3. The number of carbonyl (C=O) groups excluding carboxylic acids is 1. The van der Waals surface area contributed by atoms with Crippen molar-refractivity contribution in [3.05, 3.63) is 99.6 Å². The standard InChI is InChI=1S/C29H34F2N2O4/c1-18-7-9-24(30)23(27(18)31)11-12-32-28(37)21-6-4-5-19(13-21)15-29(2,3)33-16-26(36)20-8-10-25(35)22(14-20)17-34/h4-10,13-14,26,33-36H,11-12,15-17H2,1-3H3,(H,32,37)/t26-/m1/s1. The normalized spacial score (nSPS) is 12.4. The lowest BCUT2D eigenvalue weighted by molar-refractivity contribution is 0.0953. The van der Waals surface area contributed by atoms with Gasteiger partial charge in [-0.1, -0.05) is 24.3 Å². The number of aliphatic hydroxyl groups excluding tert-OH is 2. The maximum absolute atomic E-state index is 14.2. The largest absolute Gasteiger partial charge is 0.508 e. The van der Waals surface area contributed by atoms with E-state index in [0.717, 1.165) is 5.56 Å². The molecule has 0 aliphatic rings. The van der Waals surface area contributed by atoms with E-state index in [1.165, 1.54) is 18.2 Å². The highest BCUT2D eigenvalue weighted by Crippen LogP contribution is 2.23. The Kier molecular flexibility index (Phi) is 9.37. The molecule has 0 unspecified atom stereocenters. The van der Waals surface area contributed by atoms with Crippen LogP contribution in [0.25, 0.3) is 0 Å². The molecular formula is C29H34F2N2O4. The number of benzene rings is 3. The zero-order chi connectivity index (χ0) is 27.2. The monoisotopic (exact) mass is 512 g/mol. The first-order valence-corrected chi connectivity index (χ1v) is 12.2. The fourth-order valence-corrected chi connectivity index (χ4v) is 4.17. The minimum Gasteiger partial charge on any atom is -0.508 e. The molecule has 37 heavy (non-hydrogen) atoms. The van der Waals surface area contributed by atoms with E-state index in [0.29, 0.717) is 28.7 Å². The second-order valence-electron chi connectivity index (χ2n) is 9.87. The lowest BCUT2D eigenvalue weighted by atomic mass is 9.93. The maximum Gasteiger partial charge on any atom is 0.251 e. The van der Waals surface area contributed by atoms with Crippen LogP contribution in [0.5, 0.6) is 5.75 Å². The summed E-state index contributed by atoms with van der Waals surface area (Å²) in [6, 6.07) is 14.4. The number of amides is 1. The van der Waals surface area contributed by atoms with Crippen LogP contribution in [0.4, 0.5) is 8.78 Å². The van der Waals surface area contributed by atoms with E-state index < -0.39 is 23.3 Å². The van der Waals surface area contributed by atoms with Gasteiger partial charge in [-0.25, -0.2) is 8.78 Å². The Hall–Kier alpha value is -3.33. The molecule has 198 valence electrons. The smallest absolute Gasteiger partial charge is 0.251 e. The molecule has 0 fully saturated rings. The molecule has 0 saturated carbocycles. The highest BCUT2D eigenvalue weighted by Gasteiger charge is 2.21. The van der Waals surface area contributed by atoms with Gasteiger partial charge >= 0.3 is 0 Å². The van der Waals surface area contributed by atoms with Crippen LogP contribution in [0, 0.1) is 18.6 Å². The van der Waals surface area contributed by atoms with Crippen molar-refractivity contribution in [1.82, 2.24) is 10.6 Å². The number of aryl methyl sites for hydroxylation is 1. The van der Waals surface area contributed by atoms with Crippen molar-refractivity contribution in [2.45, 2.75) is 51.9 Å². The molecule has 0 aliphatic heterocycles. The molecule has 0 spiro atoms. The predicted octanol–water partition coefficient (Wildman–Crippen LogP) is 4.09. The number of β-amino-alcohol motifs (C(OH)–C–C–N with tert-alkyl or cyclic N) is 1. The second kappa shape index (κ2) is 12.3. The summed E-state index contributed by atoms with van der Waals surface area (Å²) >= 11 is 0. The molecule has 0 heterocycles. The van der Waals surface area contributed by atoms with E-state index in [4.69, 9.17) is 0 Å². The molecule has 0 aromatic heterocycles. The van der Waals surface area contributed by atoms with E-state index in [9.17, 15) is 28.9 Å².